The highest BCUT2D eigenvalue weighted by Crippen LogP contribution is 2.42. The summed E-state index contributed by atoms with van der Waals surface area (Å²) < 4.78 is 26.4. The number of benzene rings is 1. The van der Waals surface area contributed by atoms with Crippen LogP contribution >= 0.6 is 0 Å². The molecule has 0 saturated heterocycles. The van der Waals surface area contributed by atoms with Crippen molar-refractivity contribution in [1.29, 1.82) is 5.41 Å². The molecule has 2 saturated carbocycles. The highest BCUT2D eigenvalue weighted by atomic mass is 19.3. The largest absolute Gasteiger partial charge is 0.372 e. The molecule has 0 bridgehead atoms. The van der Waals surface area contributed by atoms with Crippen molar-refractivity contribution in [2.45, 2.75) is 82.6 Å². The lowest BCUT2D eigenvalue weighted by molar-refractivity contribution is -0.141. The van der Waals surface area contributed by atoms with Crippen molar-refractivity contribution in [1.82, 2.24) is 15.5 Å². The van der Waals surface area contributed by atoms with E-state index in [0.29, 0.717) is 19.0 Å². The van der Waals surface area contributed by atoms with Crippen molar-refractivity contribution in [2.75, 3.05) is 0 Å². The van der Waals surface area contributed by atoms with E-state index < -0.39 is 23.4 Å². The van der Waals surface area contributed by atoms with Gasteiger partial charge in [-0.1, -0.05) is 25.0 Å². The third-order valence-electron chi connectivity index (χ3n) is 6.85. The number of rotatable bonds is 5. The molecule has 2 amide bonds. The van der Waals surface area contributed by atoms with Gasteiger partial charge in [-0.2, -0.15) is 8.78 Å². The number of hydrogen-bond acceptors (Lipinski definition) is 5. The van der Waals surface area contributed by atoms with Crippen molar-refractivity contribution < 1.29 is 23.5 Å². The number of amidine groups is 1. The molecule has 1 heterocycles. The molecule has 3 atom stereocenters. The lowest BCUT2D eigenvalue weighted by Gasteiger charge is -2.43. The number of amides is 2. The fourth-order valence-electron chi connectivity index (χ4n) is 4.84. The summed E-state index contributed by atoms with van der Waals surface area (Å²) in [6.45, 7) is 2.64. The number of nitrogens with zero attached hydrogens (tertiary/aromatic N) is 1. The fraction of sp³-hybridized carbons (Fsp3) is 0.609. The summed E-state index contributed by atoms with van der Waals surface area (Å²) in [5.74, 6) is -5.37. The maximum absolute atomic E-state index is 13.2. The Morgan fingerprint density at radius 2 is 1.91 bits per heavy atom. The Morgan fingerprint density at radius 3 is 2.56 bits per heavy atom. The first kappa shape index (κ1) is 22.8. The van der Waals surface area contributed by atoms with Gasteiger partial charge in [-0.3, -0.25) is 19.9 Å². The van der Waals surface area contributed by atoms with Crippen LogP contribution in [0.1, 0.15) is 69.1 Å². The number of nitrogens with one attached hydrogen (secondary N) is 3. The monoisotopic (exact) mass is 448 g/mol. The first-order chi connectivity index (χ1) is 15.0. The van der Waals surface area contributed by atoms with Gasteiger partial charge in [-0.15, -0.1) is 0 Å². The highest BCUT2D eigenvalue weighted by molar-refractivity contribution is 6.08. The molecule has 0 spiro atoms. The van der Waals surface area contributed by atoms with Gasteiger partial charge in [0.1, 0.15) is 11.6 Å². The van der Waals surface area contributed by atoms with Gasteiger partial charge in [-0.25, -0.2) is 0 Å². The molecule has 7 nitrogen and oxygen atoms in total. The Balaban J connectivity index is 1.53. The minimum Gasteiger partial charge on any atom is -0.372 e. The Hall–Kier alpha value is -2.39. The van der Waals surface area contributed by atoms with Gasteiger partial charge < -0.3 is 15.7 Å². The number of aliphatic hydroxyl groups is 1. The molecule has 2 aliphatic carbocycles. The van der Waals surface area contributed by atoms with Crippen LogP contribution in [-0.2, 0) is 21.9 Å². The van der Waals surface area contributed by atoms with Crippen molar-refractivity contribution in [3.05, 3.63) is 34.9 Å². The highest BCUT2D eigenvalue weighted by Gasteiger charge is 2.47. The second-order valence-electron chi connectivity index (χ2n) is 9.48. The zero-order chi connectivity index (χ0) is 23.3. The molecule has 0 aromatic heterocycles. The zero-order valence-corrected chi connectivity index (χ0v) is 18.4. The topological polar surface area (TPSA) is 106 Å². The average Bonchev–Trinajstić information content (AvgIpc) is 3.53. The summed E-state index contributed by atoms with van der Waals surface area (Å²) in [5.41, 5.74) is 0.340. The first-order valence-electron chi connectivity index (χ1n) is 11.2. The molecule has 3 aliphatic rings. The normalized spacial score (nSPS) is 28.2. The standard InChI is InChI=1S/C23H30F2N4O3/c1-22(24,25)21(31)28-19(26)14-9-10-15-12-29(23(2,32)16(15)11-14)18-6-4-3-5-17(18)27-20(30)13-7-8-13/h9-11,13,17-18,32H,3-8,12H2,1-2H3,(H,27,30)(H2,26,28,31). The maximum atomic E-state index is 13.2. The molecular formula is C23H30F2N4O3. The van der Waals surface area contributed by atoms with Crippen LogP contribution in [0.5, 0.6) is 0 Å². The molecule has 2 fully saturated rings. The molecule has 3 unspecified atom stereocenters. The van der Waals surface area contributed by atoms with Gasteiger partial charge in [-0.05, 0) is 44.2 Å². The lowest BCUT2D eigenvalue weighted by atomic mass is 9.88. The minimum atomic E-state index is -3.59. The minimum absolute atomic E-state index is 0.0322. The van der Waals surface area contributed by atoms with Crippen LogP contribution in [0.15, 0.2) is 18.2 Å². The van der Waals surface area contributed by atoms with E-state index >= 15 is 0 Å². The van der Waals surface area contributed by atoms with E-state index in [2.05, 4.69) is 5.32 Å². The van der Waals surface area contributed by atoms with Crippen LogP contribution in [0.4, 0.5) is 8.78 Å². The number of carbonyl (C=O) groups excluding carboxylic acids is 2. The van der Waals surface area contributed by atoms with Gasteiger partial charge in [0.15, 0.2) is 0 Å². The van der Waals surface area contributed by atoms with Gasteiger partial charge in [0.05, 0.1) is 0 Å². The molecular weight excluding hydrogens is 418 g/mol. The number of halogens is 2. The summed E-state index contributed by atoms with van der Waals surface area (Å²) in [6.07, 6.45) is 5.62. The molecule has 1 aliphatic heterocycles. The number of carbonyl (C=O) groups is 2. The lowest BCUT2D eigenvalue weighted by Crippen LogP contribution is -2.57. The number of fused-ring (bicyclic) bond motifs is 1. The van der Waals surface area contributed by atoms with Gasteiger partial charge in [0, 0.05) is 42.6 Å². The van der Waals surface area contributed by atoms with Crippen LogP contribution in [0, 0.1) is 11.3 Å². The summed E-state index contributed by atoms with van der Waals surface area (Å²) in [6, 6.07) is 4.84. The van der Waals surface area contributed by atoms with E-state index in [0.717, 1.165) is 44.1 Å². The molecule has 174 valence electrons. The van der Waals surface area contributed by atoms with Gasteiger partial charge >= 0.3 is 5.92 Å². The molecule has 0 radical (unpaired) electrons. The van der Waals surface area contributed by atoms with Crippen molar-refractivity contribution in [2.24, 2.45) is 5.92 Å². The SMILES string of the molecule is CC(F)(F)C(=O)NC(=N)c1ccc2c(c1)C(C)(O)N(C1CCCCC1NC(=O)C1CC1)C2. The number of alkyl halides is 2. The third kappa shape index (κ3) is 4.41. The van der Waals surface area contributed by atoms with Crippen LogP contribution in [0.3, 0.4) is 0 Å². The van der Waals surface area contributed by atoms with E-state index in [9.17, 15) is 23.5 Å². The average molecular weight is 449 g/mol. The van der Waals surface area contributed by atoms with E-state index in [4.69, 9.17) is 5.41 Å². The molecule has 32 heavy (non-hydrogen) atoms. The maximum Gasteiger partial charge on any atom is 0.322 e. The van der Waals surface area contributed by atoms with Crippen LogP contribution in [0.25, 0.3) is 0 Å². The van der Waals surface area contributed by atoms with Crippen molar-refractivity contribution in [3.8, 4) is 0 Å². The predicted molar refractivity (Wildman–Crippen MR) is 114 cm³/mol. The van der Waals surface area contributed by atoms with E-state index in [1.165, 1.54) is 0 Å². The predicted octanol–water partition coefficient (Wildman–Crippen LogP) is 2.60. The van der Waals surface area contributed by atoms with Crippen molar-refractivity contribution >= 4 is 17.6 Å². The molecule has 4 N–H and O–H groups in total. The molecule has 1 aromatic carbocycles. The summed E-state index contributed by atoms with van der Waals surface area (Å²) in [7, 11) is 0. The first-order valence-corrected chi connectivity index (χ1v) is 11.2. The smallest absolute Gasteiger partial charge is 0.322 e. The van der Waals surface area contributed by atoms with Crippen LogP contribution in [0.2, 0.25) is 0 Å². The summed E-state index contributed by atoms with van der Waals surface area (Å²) in [5, 5.41) is 24.6. The van der Waals surface area contributed by atoms with Crippen LogP contribution in [-0.4, -0.2) is 45.7 Å². The molecule has 4 rings (SSSR count). The third-order valence-corrected chi connectivity index (χ3v) is 6.85. The van der Waals surface area contributed by atoms with E-state index in [-0.39, 0.29) is 29.5 Å². The van der Waals surface area contributed by atoms with E-state index in [1.807, 2.05) is 10.2 Å². The fourth-order valence-corrected chi connectivity index (χ4v) is 4.84. The Bertz CT molecular complexity index is 940. The Labute approximate surface area is 186 Å². The van der Waals surface area contributed by atoms with Crippen molar-refractivity contribution in [3.63, 3.8) is 0 Å². The van der Waals surface area contributed by atoms with E-state index in [1.54, 1.807) is 25.1 Å². The Kier molecular flexibility index (Phi) is 5.83. The molecule has 1 aromatic rings. The quantitative estimate of drug-likeness (QED) is 0.410. The number of hydrogen-bond donors (Lipinski definition) is 4. The molecule has 9 heteroatoms. The van der Waals surface area contributed by atoms with Gasteiger partial charge in [0.2, 0.25) is 5.91 Å². The van der Waals surface area contributed by atoms with Crippen LogP contribution < -0.4 is 10.6 Å². The summed E-state index contributed by atoms with van der Waals surface area (Å²) in [4.78, 5) is 25.9. The second-order valence-corrected chi connectivity index (χ2v) is 9.48. The second kappa shape index (κ2) is 8.19. The van der Waals surface area contributed by atoms with Gasteiger partial charge in [0.25, 0.3) is 5.91 Å². The Morgan fingerprint density at radius 1 is 1.22 bits per heavy atom. The summed E-state index contributed by atoms with van der Waals surface area (Å²) >= 11 is 0. The zero-order valence-electron chi connectivity index (χ0n) is 18.4.